The number of amides is 1. The van der Waals surface area contributed by atoms with E-state index >= 15 is 0 Å². The fraction of sp³-hybridized carbons (Fsp3) is 0.250. The van der Waals surface area contributed by atoms with Crippen molar-refractivity contribution in [2.24, 2.45) is 0 Å². The van der Waals surface area contributed by atoms with E-state index in [1.807, 2.05) is 48.4 Å². The summed E-state index contributed by atoms with van der Waals surface area (Å²) >= 11 is 1.42. The number of anilines is 1. The van der Waals surface area contributed by atoms with Crippen LogP contribution in [0.3, 0.4) is 0 Å². The van der Waals surface area contributed by atoms with Crippen molar-refractivity contribution in [2.75, 3.05) is 31.1 Å². The smallest absolute Gasteiger partial charge is 0.358 e. The second-order valence-corrected chi connectivity index (χ2v) is 9.46. The lowest BCUT2D eigenvalue weighted by atomic mass is 10.1. The number of nitro groups is 1. The molecule has 10 nitrogen and oxygen atoms in total. The molecule has 5 rings (SSSR count). The van der Waals surface area contributed by atoms with Crippen LogP contribution in [0.2, 0.25) is 0 Å². The maximum absolute atomic E-state index is 13.6. The van der Waals surface area contributed by atoms with Crippen molar-refractivity contribution in [1.29, 1.82) is 0 Å². The van der Waals surface area contributed by atoms with Crippen molar-refractivity contribution < 1.29 is 9.72 Å². The summed E-state index contributed by atoms with van der Waals surface area (Å²) in [6.07, 6.45) is 0. The number of piperazine rings is 1. The molecular formula is C24H22N6O4S. The summed E-state index contributed by atoms with van der Waals surface area (Å²) in [5, 5.41) is 18.5. The van der Waals surface area contributed by atoms with E-state index in [1.54, 1.807) is 17.0 Å². The van der Waals surface area contributed by atoms with Gasteiger partial charge in [0.2, 0.25) is 5.82 Å². The van der Waals surface area contributed by atoms with Gasteiger partial charge in [-0.1, -0.05) is 17.7 Å². The minimum Gasteiger partial charge on any atom is -0.358 e. The number of thiophene rings is 1. The molecule has 1 saturated heterocycles. The highest BCUT2D eigenvalue weighted by Crippen LogP contribution is 2.26. The molecule has 0 saturated carbocycles. The number of aromatic nitrogens is 3. The molecule has 1 fully saturated rings. The Hall–Kier alpha value is -4.12. The normalized spacial score (nSPS) is 13.9. The number of hydrogen-bond acceptors (Lipinski definition) is 8. The molecule has 1 aliphatic rings. The first-order chi connectivity index (χ1) is 16.8. The van der Waals surface area contributed by atoms with E-state index in [1.165, 1.54) is 22.1 Å². The largest absolute Gasteiger partial charge is 0.365 e. The highest BCUT2D eigenvalue weighted by molar-refractivity contribution is 7.11. The Labute approximate surface area is 204 Å². The Morgan fingerprint density at radius 1 is 1.06 bits per heavy atom. The number of rotatable bonds is 4. The van der Waals surface area contributed by atoms with Crippen molar-refractivity contribution in [3.8, 4) is 5.69 Å². The van der Waals surface area contributed by atoms with E-state index in [2.05, 4.69) is 10.1 Å². The summed E-state index contributed by atoms with van der Waals surface area (Å²) in [5.41, 5.74) is 1.65. The van der Waals surface area contributed by atoms with E-state index in [0.717, 1.165) is 10.4 Å². The second-order valence-electron chi connectivity index (χ2n) is 8.37. The molecule has 0 bridgehead atoms. The van der Waals surface area contributed by atoms with Crippen molar-refractivity contribution in [3.05, 3.63) is 84.4 Å². The van der Waals surface area contributed by atoms with Gasteiger partial charge in [0, 0.05) is 54.0 Å². The second kappa shape index (κ2) is 8.91. The van der Waals surface area contributed by atoms with Crippen LogP contribution < -0.4 is 10.5 Å². The fourth-order valence-electron chi connectivity index (χ4n) is 4.20. The third-order valence-corrected chi connectivity index (χ3v) is 7.03. The number of hydrogen-bond donors (Lipinski definition) is 0. The van der Waals surface area contributed by atoms with Crippen LogP contribution in [-0.2, 0) is 0 Å². The van der Waals surface area contributed by atoms with Crippen molar-refractivity contribution in [1.82, 2.24) is 19.7 Å². The van der Waals surface area contributed by atoms with Crippen molar-refractivity contribution in [2.45, 2.75) is 13.8 Å². The quantitative estimate of drug-likeness (QED) is 0.318. The first-order valence-electron chi connectivity index (χ1n) is 11.1. The van der Waals surface area contributed by atoms with Crippen LogP contribution in [0.1, 0.15) is 20.9 Å². The topological polar surface area (TPSA) is 114 Å². The van der Waals surface area contributed by atoms with Crippen LogP contribution in [0.4, 0.5) is 11.6 Å². The molecule has 1 aromatic carbocycles. The number of pyridine rings is 1. The molecule has 0 radical (unpaired) electrons. The fourth-order valence-corrected chi connectivity index (χ4v) is 5.04. The highest BCUT2D eigenvalue weighted by atomic mass is 32.1. The van der Waals surface area contributed by atoms with E-state index in [9.17, 15) is 19.7 Å². The molecule has 0 atom stereocenters. The van der Waals surface area contributed by atoms with Crippen LogP contribution in [0.25, 0.3) is 16.5 Å². The molecule has 4 heterocycles. The Balaban J connectivity index is 1.45. The Morgan fingerprint density at radius 3 is 2.46 bits per heavy atom. The number of carbonyl (C=O) groups is 1. The first-order valence-corrected chi connectivity index (χ1v) is 12.0. The van der Waals surface area contributed by atoms with E-state index in [4.69, 9.17) is 0 Å². The minimum absolute atomic E-state index is 0.209. The molecule has 35 heavy (non-hydrogen) atoms. The Morgan fingerprint density at radius 2 is 1.77 bits per heavy atom. The van der Waals surface area contributed by atoms with Gasteiger partial charge in [-0.3, -0.25) is 9.59 Å². The van der Waals surface area contributed by atoms with Gasteiger partial charge >= 0.3 is 5.82 Å². The monoisotopic (exact) mass is 490 g/mol. The van der Waals surface area contributed by atoms with Gasteiger partial charge in [0.15, 0.2) is 5.69 Å². The lowest BCUT2D eigenvalue weighted by molar-refractivity contribution is -0.389. The predicted octanol–water partition coefficient (Wildman–Crippen LogP) is 3.33. The van der Waals surface area contributed by atoms with E-state index < -0.39 is 4.92 Å². The summed E-state index contributed by atoms with van der Waals surface area (Å²) in [4.78, 5) is 45.9. The summed E-state index contributed by atoms with van der Waals surface area (Å²) < 4.78 is 1.30. The van der Waals surface area contributed by atoms with E-state index in [0.29, 0.717) is 48.5 Å². The lowest BCUT2D eigenvalue weighted by Gasteiger charge is -2.34. The van der Waals surface area contributed by atoms with Gasteiger partial charge in [0.25, 0.3) is 11.5 Å². The molecule has 1 aliphatic heterocycles. The average Bonchev–Trinajstić information content (AvgIpc) is 3.27. The van der Waals surface area contributed by atoms with Crippen LogP contribution in [0, 0.1) is 24.0 Å². The molecular weight excluding hydrogens is 468 g/mol. The summed E-state index contributed by atoms with van der Waals surface area (Å²) in [7, 11) is 0. The Kier molecular flexibility index (Phi) is 5.77. The molecule has 0 N–H and O–H groups in total. The zero-order valence-electron chi connectivity index (χ0n) is 19.2. The molecule has 1 amide bonds. The minimum atomic E-state index is -0.522. The SMILES string of the molecule is Cc1ccc(-n2nc(C(=O)N3CCN(c4cccc([N+](=O)[O-])n4)CC3)c3csc(C)c3c2=O)cc1. The number of aryl methyl sites for hydroxylation is 2. The van der Waals surface area contributed by atoms with E-state index in [-0.39, 0.29) is 23.0 Å². The summed E-state index contributed by atoms with van der Waals surface area (Å²) in [6, 6.07) is 12.1. The zero-order chi connectivity index (χ0) is 24.7. The molecule has 0 spiro atoms. The van der Waals surface area contributed by atoms with Crippen LogP contribution >= 0.6 is 11.3 Å². The number of benzene rings is 1. The highest BCUT2D eigenvalue weighted by Gasteiger charge is 2.28. The number of nitrogens with zero attached hydrogens (tertiary/aromatic N) is 6. The Bertz CT molecular complexity index is 1500. The van der Waals surface area contributed by atoms with Crippen LogP contribution in [-0.4, -0.2) is 56.7 Å². The maximum Gasteiger partial charge on any atom is 0.365 e. The maximum atomic E-state index is 13.6. The van der Waals surface area contributed by atoms with Gasteiger partial charge in [-0.15, -0.1) is 11.3 Å². The average molecular weight is 491 g/mol. The standard InChI is InChI=1S/C24H22N6O4S/c1-15-6-8-17(9-7-15)29-23(31)21-16(2)35-14-18(21)22(26-29)24(32)28-12-10-27(11-13-28)19-4-3-5-20(25-19)30(33)34/h3-9,14H,10-13H2,1-2H3. The van der Waals surface area contributed by atoms with Gasteiger partial charge in [-0.25, -0.2) is 0 Å². The first kappa shape index (κ1) is 22.7. The molecule has 0 unspecified atom stereocenters. The van der Waals surface area contributed by atoms with Crippen molar-refractivity contribution in [3.63, 3.8) is 0 Å². The molecule has 3 aromatic heterocycles. The van der Waals surface area contributed by atoms with Gasteiger partial charge in [0.05, 0.1) is 11.1 Å². The van der Waals surface area contributed by atoms with Gasteiger partial charge in [-0.05, 0) is 42.0 Å². The molecule has 0 aliphatic carbocycles. The van der Waals surface area contributed by atoms with Crippen molar-refractivity contribution >= 4 is 39.7 Å². The third kappa shape index (κ3) is 4.14. The van der Waals surface area contributed by atoms with Crippen LogP contribution in [0.15, 0.2) is 52.6 Å². The molecule has 4 aromatic rings. The number of fused-ring (bicyclic) bond motifs is 1. The van der Waals surface area contributed by atoms with Gasteiger partial charge in [-0.2, -0.15) is 9.78 Å². The third-order valence-electron chi connectivity index (χ3n) is 6.12. The summed E-state index contributed by atoms with van der Waals surface area (Å²) in [5.74, 6) is 0.0484. The predicted molar refractivity (Wildman–Crippen MR) is 134 cm³/mol. The van der Waals surface area contributed by atoms with Gasteiger partial charge in [0.1, 0.15) is 0 Å². The summed E-state index contributed by atoms with van der Waals surface area (Å²) in [6.45, 7) is 5.59. The van der Waals surface area contributed by atoms with Gasteiger partial charge < -0.3 is 19.9 Å². The molecule has 11 heteroatoms. The van der Waals surface area contributed by atoms with Crippen LogP contribution in [0.5, 0.6) is 0 Å². The number of carbonyl (C=O) groups excluding carboxylic acids is 1. The molecule has 178 valence electrons. The zero-order valence-corrected chi connectivity index (χ0v) is 20.0. The lowest BCUT2D eigenvalue weighted by Crippen LogP contribution is -2.49.